The number of amides is 1. The van der Waals surface area contributed by atoms with Gasteiger partial charge in [0, 0.05) is 30.9 Å². The highest BCUT2D eigenvalue weighted by atomic mass is 16.7. The molecular formula is C25H27N5O5. The monoisotopic (exact) mass is 477 g/mol. The van der Waals surface area contributed by atoms with Crippen LogP contribution in [0.4, 0.5) is 11.4 Å². The second kappa shape index (κ2) is 11.1. The zero-order valence-electron chi connectivity index (χ0n) is 19.4. The van der Waals surface area contributed by atoms with E-state index < -0.39 is 23.3 Å². The van der Waals surface area contributed by atoms with Crippen molar-refractivity contribution in [1.29, 1.82) is 5.41 Å². The number of esters is 1. The highest BCUT2D eigenvalue weighted by molar-refractivity contribution is 5.94. The fourth-order valence-electron chi connectivity index (χ4n) is 3.35. The third-order valence-electron chi connectivity index (χ3n) is 4.94. The van der Waals surface area contributed by atoms with Gasteiger partial charge in [-0.15, -0.1) is 0 Å². The summed E-state index contributed by atoms with van der Waals surface area (Å²) < 4.78 is 12.0. The first-order chi connectivity index (χ1) is 16.8. The molecule has 1 heterocycles. The lowest BCUT2D eigenvalue weighted by molar-refractivity contribution is -0.264. The number of amidine groups is 1. The van der Waals surface area contributed by atoms with Crippen LogP contribution in [0.5, 0.6) is 0 Å². The van der Waals surface area contributed by atoms with Gasteiger partial charge in [-0.05, 0) is 36.8 Å². The molecule has 2 aromatic carbocycles. The first kappa shape index (κ1) is 25.2. The Morgan fingerprint density at radius 1 is 1.06 bits per heavy atom. The molecule has 182 valence electrons. The highest BCUT2D eigenvalue weighted by Gasteiger charge is 2.46. The van der Waals surface area contributed by atoms with Crippen LogP contribution in [0.3, 0.4) is 0 Å². The van der Waals surface area contributed by atoms with E-state index >= 15 is 0 Å². The average molecular weight is 478 g/mol. The van der Waals surface area contributed by atoms with Gasteiger partial charge in [0.1, 0.15) is 11.5 Å². The van der Waals surface area contributed by atoms with Crippen molar-refractivity contribution in [1.82, 2.24) is 9.88 Å². The Kier molecular flexibility index (Phi) is 8.00. The van der Waals surface area contributed by atoms with Crippen molar-refractivity contribution in [2.45, 2.75) is 26.3 Å². The lowest BCUT2D eigenvalue weighted by Gasteiger charge is -2.32. The number of pyridine rings is 1. The van der Waals surface area contributed by atoms with Crippen LogP contribution in [0.2, 0.25) is 0 Å². The van der Waals surface area contributed by atoms with Crippen molar-refractivity contribution in [2.75, 3.05) is 11.9 Å². The second-order valence-electron chi connectivity index (χ2n) is 7.49. The number of hydrogen-bond acceptors (Lipinski definition) is 7. The summed E-state index contributed by atoms with van der Waals surface area (Å²) in [6, 6.07) is 18.8. The van der Waals surface area contributed by atoms with Gasteiger partial charge in [0.05, 0.1) is 6.61 Å². The van der Waals surface area contributed by atoms with E-state index in [1.807, 2.05) is 18.2 Å². The molecule has 1 unspecified atom stereocenters. The first-order valence-corrected chi connectivity index (χ1v) is 10.9. The predicted molar refractivity (Wildman–Crippen MR) is 131 cm³/mol. The molecule has 5 N–H and O–H groups in total. The SMILES string of the molecule is CCOC(OC(C)=O)(C(=O)NCc1ccc(C(=N)N)cc1)n1cccc(Nc2ccccc2)c1=O. The summed E-state index contributed by atoms with van der Waals surface area (Å²) in [6.07, 6.45) is 1.32. The number of ether oxygens (including phenoxy) is 2. The molecule has 35 heavy (non-hydrogen) atoms. The van der Waals surface area contributed by atoms with Crippen molar-refractivity contribution in [3.8, 4) is 0 Å². The van der Waals surface area contributed by atoms with Gasteiger partial charge in [0.2, 0.25) is 0 Å². The van der Waals surface area contributed by atoms with E-state index in [1.54, 1.807) is 49.4 Å². The topological polar surface area (TPSA) is 149 Å². The van der Waals surface area contributed by atoms with Crippen LogP contribution in [-0.2, 0) is 31.5 Å². The Labute approximate surface area is 202 Å². The number of anilines is 2. The number of carbonyl (C=O) groups excluding carboxylic acids is 2. The van der Waals surface area contributed by atoms with Gasteiger partial charge in [-0.3, -0.25) is 19.8 Å². The van der Waals surface area contributed by atoms with Crippen LogP contribution in [0, 0.1) is 5.41 Å². The Hall–Kier alpha value is -4.44. The molecule has 10 heteroatoms. The largest absolute Gasteiger partial charge is 0.405 e. The Morgan fingerprint density at radius 3 is 2.34 bits per heavy atom. The lowest BCUT2D eigenvalue weighted by Crippen LogP contribution is -2.56. The van der Waals surface area contributed by atoms with Gasteiger partial charge < -0.3 is 25.8 Å². The van der Waals surface area contributed by atoms with E-state index in [0.29, 0.717) is 16.8 Å². The number of benzene rings is 2. The zero-order chi connectivity index (χ0) is 25.4. The maximum Gasteiger partial charge on any atom is 0.387 e. The molecule has 1 amide bonds. The minimum atomic E-state index is -2.37. The quantitative estimate of drug-likeness (QED) is 0.152. The molecule has 3 aromatic rings. The number of rotatable bonds is 10. The van der Waals surface area contributed by atoms with Crippen LogP contribution in [0.1, 0.15) is 25.0 Å². The number of nitrogens with one attached hydrogen (secondary N) is 3. The number of hydrogen-bond donors (Lipinski definition) is 4. The highest BCUT2D eigenvalue weighted by Crippen LogP contribution is 2.22. The fraction of sp³-hybridized carbons (Fsp3) is 0.200. The number of nitrogens with zero attached hydrogens (tertiary/aromatic N) is 1. The molecule has 0 saturated heterocycles. The minimum Gasteiger partial charge on any atom is -0.405 e. The van der Waals surface area contributed by atoms with Gasteiger partial charge in [0.25, 0.3) is 5.56 Å². The zero-order valence-corrected chi connectivity index (χ0v) is 19.4. The van der Waals surface area contributed by atoms with E-state index in [-0.39, 0.29) is 24.7 Å². The van der Waals surface area contributed by atoms with Crippen molar-refractivity contribution in [3.05, 3.63) is 94.4 Å². The summed E-state index contributed by atoms with van der Waals surface area (Å²) >= 11 is 0. The van der Waals surface area contributed by atoms with E-state index in [9.17, 15) is 14.4 Å². The van der Waals surface area contributed by atoms with E-state index in [2.05, 4.69) is 10.6 Å². The van der Waals surface area contributed by atoms with Crippen LogP contribution < -0.4 is 21.9 Å². The summed E-state index contributed by atoms with van der Waals surface area (Å²) in [5.74, 6) is -4.10. The molecular weight excluding hydrogens is 450 g/mol. The van der Waals surface area contributed by atoms with E-state index in [0.717, 1.165) is 11.5 Å². The molecule has 0 saturated carbocycles. The van der Waals surface area contributed by atoms with Crippen molar-refractivity contribution in [3.63, 3.8) is 0 Å². The molecule has 0 radical (unpaired) electrons. The van der Waals surface area contributed by atoms with E-state index in [1.165, 1.54) is 12.3 Å². The summed E-state index contributed by atoms with van der Waals surface area (Å²) in [4.78, 5) is 38.8. The van der Waals surface area contributed by atoms with Gasteiger partial charge in [-0.2, -0.15) is 0 Å². The average Bonchev–Trinajstić information content (AvgIpc) is 2.84. The molecule has 3 rings (SSSR count). The molecule has 0 spiro atoms. The fourth-order valence-corrected chi connectivity index (χ4v) is 3.35. The van der Waals surface area contributed by atoms with Crippen LogP contribution in [0.15, 0.2) is 77.7 Å². The smallest absolute Gasteiger partial charge is 0.387 e. The predicted octanol–water partition coefficient (Wildman–Crippen LogP) is 2.40. The van der Waals surface area contributed by atoms with Crippen molar-refractivity contribution < 1.29 is 19.1 Å². The summed E-state index contributed by atoms with van der Waals surface area (Å²) in [7, 11) is 0. The Bertz CT molecular complexity index is 1260. The van der Waals surface area contributed by atoms with Gasteiger partial charge in [0.15, 0.2) is 0 Å². The maximum atomic E-state index is 13.4. The number of carbonyl (C=O) groups is 2. The summed E-state index contributed by atoms with van der Waals surface area (Å²) in [6.45, 7) is 2.75. The molecule has 0 aliphatic rings. The molecule has 10 nitrogen and oxygen atoms in total. The Morgan fingerprint density at radius 2 is 1.74 bits per heavy atom. The summed E-state index contributed by atoms with van der Waals surface area (Å²) in [5, 5.41) is 13.1. The maximum absolute atomic E-state index is 13.4. The number of nitrogen functional groups attached to an aromatic ring is 1. The van der Waals surface area contributed by atoms with E-state index in [4.69, 9.17) is 20.6 Å². The molecule has 0 fully saturated rings. The number of aromatic nitrogens is 1. The molecule has 0 bridgehead atoms. The summed E-state index contributed by atoms with van der Waals surface area (Å²) in [5.41, 5.74) is 6.90. The minimum absolute atomic E-state index is 0.0310. The van der Waals surface area contributed by atoms with Gasteiger partial charge in [-0.1, -0.05) is 42.5 Å². The van der Waals surface area contributed by atoms with Gasteiger partial charge in [-0.25, -0.2) is 4.57 Å². The lowest BCUT2D eigenvalue weighted by atomic mass is 10.1. The van der Waals surface area contributed by atoms with Crippen LogP contribution in [0.25, 0.3) is 0 Å². The Balaban J connectivity index is 1.96. The second-order valence-corrected chi connectivity index (χ2v) is 7.49. The third kappa shape index (κ3) is 5.92. The molecule has 1 atom stereocenters. The van der Waals surface area contributed by atoms with Crippen molar-refractivity contribution >= 4 is 29.1 Å². The number of para-hydroxylation sites is 1. The van der Waals surface area contributed by atoms with Crippen LogP contribution >= 0.6 is 0 Å². The molecule has 0 aliphatic carbocycles. The van der Waals surface area contributed by atoms with Crippen molar-refractivity contribution in [2.24, 2.45) is 5.73 Å². The first-order valence-electron chi connectivity index (χ1n) is 10.9. The molecule has 1 aromatic heterocycles. The van der Waals surface area contributed by atoms with Gasteiger partial charge >= 0.3 is 17.8 Å². The standard InChI is InChI=1S/C25H27N5O5/c1-3-34-25(35-17(2)31,24(33)28-16-18-11-13-19(14-12-18)22(26)27)30-15-7-10-21(23(30)32)29-20-8-5-4-6-9-20/h4-15,29H,3,16H2,1-2H3,(H3,26,27)(H,28,33). The van der Waals surface area contributed by atoms with Crippen LogP contribution in [-0.4, -0.2) is 28.9 Å². The third-order valence-corrected chi connectivity index (χ3v) is 4.94. The molecule has 0 aliphatic heterocycles. The normalized spacial score (nSPS) is 12.3. The number of nitrogens with two attached hydrogens (primary N) is 1.